The van der Waals surface area contributed by atoms with Crippen LogP contribution in [0.25, 0.3) is 0 Å². The highest BCUT2D eigenvalue weighted by Gasteiger charge is 2.07. The van der Waals surface area contributed by atoms with E-state index in [0.29, 0.717) is 0 Å². The normalized spacial score (nSPS) is 11.5. The lowest BCUT2D eigenvalue weighted by molar-refractivity contribution is 0.139. The quantitative estimate of drug-likeness (QED) is 0.659. The lowest BCUT2D eigenvalue weighted by Crippen LogP contribution is -2.26. The molecule has 0 fully saturated rings. The standard InChI is InChI=1S/C14H26N2O/c1-7-14(15)16(11(2)3)10-8-9-13(6)17-12(4)5/h7,12H,2,6,8-10,15H2,1,3-5H3/b14-7-. The average molecular weight is 238 g/mol. The molecule has 17 heavy (non-hydrogen) atoms. The van der Waals surface area contributed by atoms with Crippen molar-refractivity contribution < 1.29 is 4.74 Å². The molecule has 3 heteroatoms. The van der Waals surface area contributed by atoms with Crippen LogP contribution in [0.3, 0.4) is 0 Å². The fourth-order valence-corrected chi connectivity index (χ4v) is 1.52. The summed E-state index contributed by atoms with van der Waals surface area (Å²) in [5, 5.41) is 0. The smallest absolute Gasteiger partial charge is 0.0984 e. The van der Waals surface area contributed by atoms with Crippen LogP contribution in [0.2, 0.25) is 0 Å². The van der Waals surface area contributed by atoms with Crippen molar-refractivity contribution in [3.8, 4) is 0 Å². The molecule has 0 aliphatic heterocycles. The molecule has 98 valence electrons. The maximum Gasteiger partial charge on any atom is 0.0984 e. The zero-order valence-corrected chi connectivity index (χ0v) is 11.6. The number of ether oxygens (including phenoxy) is 1. The van der Waals surface area contributed by atoms with E-state index in [9.17, 15) is 0 Å². The average Bonchev–Trinajstić information content (AvgIpc) is 2.21. The van der Waals surface area contributed by atoms with Crippen LogP contribution < -0.4 is 5.73 Å². The summed E-state index contributed by atoms with van der Waals surface area (Å²) in [6.07, 6.45) is 3.88. The molecular formula is C14H26N2O. The van der Waals surface area contributed by atoms with Gasteiger partial charge < -0.3 is 15.4 Å². The van der Waals surface area contributed by atoms with Crippen molar-refractivity contribution in [2.45, 2.75) is 46.6 Å². The Bertz CT molecular complexity index is 293. The molecule has 0 aromatic rings. The maximum atomic E-state index is 5.89. The molecular weight excluding hydrogens is 212 g/mol. The molecule has 0 atom stereocenters. The van der Waals surface area contributed by atoms with Gasteiger partial charge in [0.1, 0.15) is 0 Å². The van der Waals surface area contributed by atoms with Crippen molar-refractivity contribution in [3.05, 3.63) is 36.5 Å². The van der Waals surface area contributed by atoms with Gasteiger partial charge in [-0.1, -0.05) is 13.2 Å². The van der Waals surface area contributed by atoms with Crippen molar-refractivity contribution in [3.63, 3.8) is 0 Å². The van der Waals surface area contributed by atoms with Crippen molar-refractivity contribution in [2.75, 3.05) is 6.54 Å². The molecule has 0 aromatic heterocycles. The second-order valence-electron chi connectivity index (χ2n) is 4.41. The molecule has 0 saturated carbocycles. The minimum Gasteiger partial charge on any atom is -0.496 e. The van der Waals surface area contributed by atoms with Crippen LogP contribution in [0, 0.1) is 0 Å². The number of nitrogens with zero attached hydrogens (tertiary/aromatic N) is 1. The van der Waals surface area contributed by atoms with Crippen LogP contribution in [-0.2, 0) is 4.74 Å². The molecule has 0 aliphatic rings. The number of rotatable bonds is 8. The highest BCUT2D eigenvalue weighted by atomic mass is 16.5. The SMILES string of the molecule is C=C(CCCN(C(=C)C)/C(N)=C\C)OC(C)C. The minimum atomic E-state index is 0.195. The molecule has 0 bridgehead atoms. The molecule has 0 spiro atoms. The summed E-state index contributed by atoms with van der Waals surface area (Å²) in [6, 6.07) is 0. The van der Waals surface area contributed by atoms with Crippen molar-refractivity contribution in [2.24, 2.45) is 5.73 Å². The Morgan fingerprint density at radius 1 is 1.41 bits per heavy atom. The van der Waals surface area contributed by atoms with Crippen LogP contribution >= 0.6 is 0 Å². The van der Waals surface area contributed by atoms with E-state index in [2.05, 4.69) is 13.2 Å². The van der Waals surface area contributed by atoms with E-state index in [1.807, 2.05) is 38.7 Å². The van der Waals surface area contributed by atoms with Gasteiger partial charge in [-0.05, 0) is 40.2 Å². The van der Waals surface area contributed by atoms with E-state index in [0.717, 1.165) is 36.7 Å². The summed E-state index contributed by atoms with van der Waals surface area (Å²) in [6.45, 7) is 16.5. The van der Waals surface area contributed by atoms with Crippen LogP contribution in [-0.4, -0.2) is 17.5 Å². The highest BCUT2D eigenvalue weighted by molar-refractivity contribution is 5.05. The van der Waals surface area contributed by atoms with Crippen molar-refractivity contribution in [1.29, 1.82) is 0 Å². The van der Waals surface area contributed by atoms with E-state index in [4.69, 9.17) is 10.5 Å². The molecule has 0 radical (unpaired) electrons. The summed E-state index contributed by atoms with van der Waals surface area (Å²) < 4.78 is 5.50. The molecule has 0 amide bonds. The van der Waals surface area contributed by atoms with Crippen LogP contribution in [0.15, 0.2) is 36.5 Å². The monoisotopic (exact) mass is 238 g/mol. The number of nitrogens with two attached hydrogens (primary N) is 1. The third-order valence-corrected chi connectivity index (χ3v) is 2.31. The molecule has 0 aliphatic carbocycles. The zero-order valence-electron chi connectivity index (χ0n) is 11.6. The van der Waals surface area contributed by atoms with Crippen LogP contribution in [0.4, 0.5) is 0 Å². The third-order valence-electron chi connectivity index (χ3n) is 2.31. The Labute approximate surface area is 106 Å². The van der Waals surface area contributed by atoms with Gasteiger partial charge in [0.05, 0.1) is 17.7 Å². The summed E-state index contributed by atoms with van der Waals surface area (Å²) in [7, 11) is 0. The fraction of sp³-hybridized carbons (Fsp3) is 0.571. The van der Waals surface area contributed by atoms with E-state index in [-0.39, 0.29) is 6.10 Å². The second kappa shape index (κ2) is 7.82. The molecule has 0 unspecified atom stereocenters. The van der Waals surface area contributed by atoms with Crippen LogP contribution in [0.1, 0.15) is 40.5 Å². The topological polar surface area (TPSA) is 38.5 Å². The Morgan fingerprint density at radius 3 is 2.41 bits per heavy atom. The van der Waals surface area contributed by atoms with E-state index < -0.39 is 0 Å². The predicted molar refractivity (Wildman–Crippen MR) is 74.1 cm³/mol. The Balaban J connectivity index is 4.08. The van der Waals surface area contributed by atoms with Crippen molar-refractivity contribution >= 4 is 0 Å². The van der Waals surface area contributed by atoms with E-state index >= 15 is 0 Å². The van der Waals surface area contributed by atoms with Gasteiger partial charge in [0.15, 0.2) is 0 Å². The largest absolute Gasteiger partial charge is 0.496 e. The highest BCUT2D eigenvalue weighted by Crippen LogP contribution is 2.12. The van der Waals surface area contributed by atoms with E-state index in [1.54, 1.807) is 0 Å². The van der Waals surface area contributed by atoms with Gasteiger partial charge in [-0.2, -0.15) is 0 Å². The summed E-state index contributed by atoms with van der Waals surface area (Å²) in [4.78, 5) is 2.00. The van der Waals surface area contributed by atoms with Gasteiger partial charge in [-0.25, -0.2) is 0 Å². The summed E-state index contributed by atoms with van der Waals surface area (Å²) >= 11 is 0. The first-order valence-corrected chi connectivity index (χ1v) is 6.07. The molecule has 2 N–H and O–H groups in total. The first kappa shape index (κ1) is 15.6. The number of hydrogen-bond donors (Lipinski definition) is 1. The zero-order chi connectivity index (χ0) is 13.4. The molecule has 0 aromatic carbocycles. The number of allylic oxidation sites excluding steroid dienone is 3. The third kappa shape index (κ3) is 6.72. The summed E-state index contributed by atoms with van der Waals surface area (Å²) in [5.74, 6) is 1.58. The van der Waals surface area contributed by atoms with Crippen molar-refractivity contribution in [1.82, 2.24) is 4.90 Å². The number of hydrogen-bond acceptors (Lipinski definition) is 3. The second-order valence-corrected chi connectivity index (χ2v) is 4.41. The summed E-state index contributed by atoms with van der Waals surface area (Å²) in [5.41, 5.74) is 6.84. The lowest BCUT2D eigenvalue weighted by atomic mass is 10.2. The van der Waals surface area contributed by atoms with Gasteiger partial charge in [-0.3, -0.25) is 0 Å². The van der Waals surface area contributed by atoms with Gasteiger partial charge in [0.2, 0.25) is 0 Å². The molecule has 0 saturated heterocycles. The molecule has 0 heterocycles. The van der Waals surface area contributed by atoms with Gasteiger partial charge in [0.25, 0.3) is 0 Å². The van der Waals surface area contributed by atoms with Crippen LogP contribution in [0.5, 0.6) is 0 Å². The first-order chi connectivity index (χ1) is 7.88. The Morgan fingerprint density at radius 2 is 2.00 bits per heavy atom. The Hall–Kier alpha value is -1.38. The lowest BCUT2D eigenvalue weighted by Gasteiger charge is -2.25. The Kier molecular flexibility index (Phi) is 7.19. The fourth-order valence-electron chi connectivity index (χ4n) is 1.52. The van der Waals surface area contributed by atoms with Gasteiger partial charge in [0, 0.05) is 18.7 Å². The molecule has 0 rings (SSSR count). The minimum absolute atomic E-state index is 0.195. The predicted octanol–water partition coefficient (Wildman–Crippen LogP) is 3.36. The first-order valence-electron chi connectivity index (χ1n) is 6.07. The van der Waals surface area contributed by atoms with Gasteiger partial charge in [-0.15, -0.1) is 0 Å². The molecule has 3 nitrogen and oxygen atoms in total. The maximum absolute atomic E-state index is 5.89. The van der Waals surface area contributed by atoms with E-state index in [1.165, 1.54) is 0 Å². The van der Waals surface area contributed by atoms with Gasteiger partial charge >= 0.3 is 0 Å².